The van der Waals surface area contributed by atoms with E-state index in [1.54, 1.807) is 24.3 Å². The van der Waals surface area contributed by atoms with Crippen molar-refractivity contribution < 1.29 is 9.18 Å². The smallest absolute Gasteiger partial charge is 0.266 e. The minimum absolute atomic E-state index is 0.109. The van der Waals surface area contributed by atoms with Gasteiger partial charge in [0.15, 0.2) is 0 Å². The standard InChI is InChI=1S/C22H26FN3O2/c1-21(2,3)18-8-9-19(27)26(24-18)14-15-12-25(13-15)20(28)22(10-11-22)16-4-6-17(23)7-5-16/h4-9,15H,10-14H2,1-3H3. The zero-order valence-corrected chi connectivity index (χ0v) is 16.6. The lowest BCUT2D eigenvalue weighted by Crippen LogP contribution is -2.55. The van der Waals surface area contributed by atoms with E-state index in [-0.39, 0.29) is 28.6 Å². The number of hydrogen-bond acceptors (Lipinski definition) is 3. The molecule has 0 N–H and O–H groups in total. The average Bonchev–Trinajstić information content (AvgIpc) is 3.40. The Morgan fingerprint density at radius 1 is 1.14 bits per heavy atom. The van der Waals surface area contributed by atoms with E-state index in [0.717, 1.165) is 24.1 Å². The van der Waals surface area contributed by atoms with Crippen LogP contribution in [0, 0.1) is 11.7 Å². The highest BCUT2D eigenvalue weighted by Crippen LogP contribution is 2.50. The van der Waals surface area contributed by atoms with Crippen LogP contribution in [0.3, 0.4) is 0 Å². The van der Waals surface area contributed by atoms with Gasteiger partial charge in [-0.1, -0.05) is 32.9 Å². The summed E-state index contributed by atoms with van der Waals surface area (Å²) in [6.07, 6.45) is 1.63. The molecule has 4 rings (SSSR count). The SMILES string of the molecule is CC(C)(C)c1ccc(=O)n(CC2CN(C(=O)C3(c4ccc(F)cc4)CC3)C2)n1. The minimum atomic E-state index is -0.472. The maximum Gasteiger partial charge on any atom is 0.266 e. The van der Waals surface area contributed by atoms with E-state index in [0.29, 0.717) is 19.6 Å². The Balaban J connectivity index is 1.41. The molecule has 0 atom stereocenters. The number of benzene rings is 1. The quantitative estimate of drug-likeness (QED) is 0.816. The van der Waals surface area contributed by atoms with Crippen LogP contribution in [0.25, 0.3) is 0 Å². The lowest BCUT2D eigenvalue weighted by molar-refractivity contribution is -0.140. The van der Waals surface area contributed by atoms with Gasteiger partial charge >= 0.3 is 0 Å². The molecule has 0 spiro atoms. The Kier molecular flexibility index (Phi) is 4.40. The Labute approximate surface area is 164 Å². The van der Waals surface area contributed by atoms with Crippen LogP contribution in [0.15, 0.2) is 41.2 Å². The normalized spacial score (nSPS) is 18.6. The molecule has 1 aliphatic carbocycles. The molecule has 0 bridgehead atoms. The molecule has 1 saturated carbocycles. The van der Waals surface area contributed by atoms with Crippen LogP contribution in [0.1, 0.15) is 44.9 Å². The molecular formula is C22H26FN3O2. The van der Waals surface area contributed by atoms with Gasteiger partial charge in [0.05, 0.1) is 17.7 Å². The van der Waals surface area contributed by atoms with Crippen molar-refractivity contribution in [2.24, 2.45) is 5.92 Å². The van der Waals surface area contributed by atoms with Gasteiger partial charge in [-0.15, -0.1) is 0 Å². The van der Waals surface area contributed by atoms with Crippen molar-refractivity contribution in [3.63, 3.8) is 0 Å². The van der Waals surface area contributed by atoms with Gasteiger partial charge in [-0.3, -0.25) is 9.59 Å². The van der Waals surface area contributed by atoms with Gasteiger partial charge < -0.3 is 4.90 Å². The predicted octanol–water partition coefficient (Wildman–Crippen LogP) is 2.87. The van der Waals surface area contributed by atoms with Crippen LogP contribution in [0.2, 0.25) is 0 Å². The second kappa shape index (κ2) is 6.54. The monoisotopic (exact) mass is 383 g/mol. The number of hydrogen-bond donors (Lipinski definition) is 0. The van der Waals surface area contributed by atoms with Crippen molar-refractivity contribution in [2.75, 3.05) is 13.1 Å². The van der Waals surface area contributed by atoms with Crippen LogP contribution in [0.5, 0.6) is 0 Å². The highest BCUT2D eigenvalue weighted by Gasteiger charge is 2.54. The van der Waals surface area contributed by atoms with Gasteiger partial charge in [-0.2, -0.15) is 5.10 Å². The third kappa shape index (κ3) is 3.36. The molecule has 1 amide bonds. The molecule has 6 heteroatoms. The molecule has 28 heavy (non-hydrogen) atoms. The summed E-state index contributed by atoms with van der Waals surface area (Å²) in [5.41, 5.74) is 1.08. The summed E-state index contributed by atoms with van der Waals surface area (Å²) in [5.74, 6) is 0.0685. The van der Waals surface area contributed by atoms with Gasteiger partial charge in [0.25, 0.3) is 5.56 Å². The van der Waals surface area contributed by atoms with E-state index < -0.39 is 5.41 Å². The Morgan fingerprint density at radius 2 is 1.79 bits per heavy atom. The summed E-state index contributed by atoms with van der Waals surface area (Å²) >= 11 is 0. The van der Waals surface area contributed by atoms with E-state index in [1.165, 1.54) is 16.8 Å². The average molecular weight is 383 g/mol. The number of likely N-dealkylation sites (tertiary alicyclic amines) is 1. The van der Waals surface area contributed by atoms with Gasteiger partial charge in [-0.25, -0.2) is 9.07 Å². The second-order valence-electron chi connectivity index (χ2n) is 9.15. The summed E-state index contributed by atoms with van der Waals surface area (Å²) in [6, 6.07) is 9.64. The van der Waals surface area contributed by atoms with E-state index in [9.17, 15) is 14.0 Å². The molecule has 2 heterocycles. The summed E-state index contributed by atoms with van der Waals surface area (Å²) in [5, 5.41) is 4.52. The maximum absolute atomic E-state index is 13.2. The fraction of sp³-hybridized carbons (Fsp3) is 0.500. The van der Waals surface area contributed by atoms with Crippen LogP contribution in [-0.4, -0.2) is 33.7 Å². The molecule has 0 radical (unpaired) electrons. The largest absolute Gasteiger partial charge is 0.341 e. The Morgan fingerprint density at radius 3 is 2.36 bits per heavy atom. The van der Waals surface area contributed by atoms with Gasteiger partial charge in [0.1, 0.15) is 5.82 Å². The molecule has 2 aromatic rings. The summed E-state index contributed by atoms with van der Waals surface area (Å²) in [6.45, 7) is 8.00. The fourth-order valence-corrected chi connectivity index (χ4v) is 3.90. The topological polar surface area (TPSA) is 55.2 Å². The zero-order chi connectivity index (χ0) is 20.1. The van der Waals surface area contributed by atoms with Gasteiger partial charge in [0.2, 0.25) is 5.91 Å². The first-order valence-electron chi connectivity index (χ1n) is 9.83. The zero-order valence-electron chi connectivity index (χ0n) is 16.6. The first-order valence-corrected chi connectivity index (χ1v) is 9.83. The van der Waals surface area contributed by atoms with Crippen LogP contribution < -0.4 is 5.56 Å². The fourth-order valence-electron chi connectivity index (χ4n) is 3.90. The third-order valence-corrected chi connectivity index (χ3v) is 5.87. The minimum Gasteiger partial charge on any atom is -0.341 e. The molecule has 1 aliphatic heterocycles. The van der Waals surface area contributed by atoms with Crippen LogP contribution in [0.4, 0.5) is 4.39 Å². The molecule has 1 saturated heterocycles. The number of amides is 1. The Bertz CT molecular complexity index is 949. The number of carbonyl (C=O) groups is 1. The molecule has 148 valence electrons. The first-order chi connectivity index (χ1) is 13.2. The van der Waals surface area contributed by atoms with Gasteiger partial charge in [0, 0.05) is 30.5 Å². The molecule has 2 aliphatic rings. The number of nitrogens with zero attached hydrogens (tertiary/aromatic N) is 3. The van der Waals surface area contributed by atoms with E-state index in [4.69, 9.17) is 0 Å². The lowest BCUT2D eigenvalue weighted by Gasteiger charge is -2.41. The molecule has 5 nitrogen and oxygen atoms in total. The van der Waals surface area contributed by atoms with Gasteiger partial charge in [-0.05, 0) is 36.6 Å². The lowest BCUT2D eigenvalue weighted by atomic mass is 9.90. The first kappa shape index (κ1) is 18.8. The van der Waals surface area contributed by atoms with E-state index in [2.05, 4.69) is 25.9 Å². The second-order valence-corrected chi connectivity index (χ2v) is 9.15. The highest BCUT2D eigenvalue weighted by atomic mass is 19.1. The molecule has 1 aromatic carbocycles. The van der Waals surface area contributed by atoms with Crippen molar-refractivity contribution in [3.8, 4) is 0 Å². The Hall–Kier alpha value is -2.50. The maximum atomic E-state index is 13.2. The van der Waals surface area contributed by atoms with Crippen molar-refractivity contribution >= 4 is 5.91 Å². The molecule has 0 unspecified atom stereocenters. The number of carbonyl (C=O) groups excluding carboxylic acids is 1. The number of halogens is 1. The molecule has 2 fully saturated rings. The molecular weight excluding hydrogens is 357 g/mol. The highest BCUT2D eigenvalue weighted by molar-refractivity contribution is 5.91. The van der Waals surface area contributed by atoms with Crippen molar-refractivity contribution in [3.05, 3.63) is 63.8 Å². The number of rotatable bonds is 4. The van der Waals surface area contributed by atoms with Crippen LogP contribution in [-0.2, 0) is 22.2 Å². The van der Waals surface area contributed by atoms with Crippen molar-refractivity contribution in [2.45, 2.75) is 51.0 Å². The summed E-state index contributed by atoms with van der Waals surface area (Å²) < 4.78 is 14.7. The van der Waals surface area contributed by atoms with E-state index in [1.807, 2.05) is 4.90 Å². The molecule has 1 aromatic heterocycles. The third-order valence-electron chi connectivity index (χ3n) is 5.87. The van der Waals surface area contributed by atoms with Crippen molar-refractivity contribution in [1.82, 2.24) is 14.7 Å². The summed E-state index contributed by atoms with van der Waals surface area (Å²) in [7, 11) is 0. The summed E-state index contributed by atoms with van der Waals surface area (Å²) in [4.78, 5) is 27.0. The van der Waals surface area contributed by atoms with Crippen LogP contribution >= 0.6 is 0 Å². The number of aromatic nitrogens is 2. The predicted molar refractivity (Wildman–Crippen MR) is 105 cm³/mol. The van der Waals surface area contributed by atoms with Crippen molar-refractivity contribution in [1.29, 1.82) is 0 Å². The van der Waals surface area contributed by atoms with E-state index >= 15 is 0 Å².